The number of benzene rings is 2. The number of amides is 1. The van der Waals surface area contributed by atoms with Gasteiger partial charge in [-0.1, -0.05) is 12.1 Å². The van der Waals surface area contributed by atoms with Gasteiger partial charge >= 0.3 is 5.97 Å². The van der Waals surface area contributed by atoms with Crippen LogP contribution in [-0.4, -0.2) is 35.7 Å². The highest BCUT2D eigenvalue weighted by Gasteiger charge is 2.22. The van der Waals surface area contributed by atoms with Crippen LogP contribution in [0.2, 0.25) is 0 Å². The average Bonchev–Trinajstić information content (AvgIpc) is 2.68. The second-order valence-electron chi connectivity index (χ2n) is 5.86. The Morgan fingerprint density at radius 2 is 1.93 bits per heavy atom. The van der Waals surface area contributed by atoms with E-state index in [1.807, 2.05) is 0 Å². The SMILES string of the molecule is CSc1ccc(C(=O)O[C@H](C)C(=O)NCCc2ccc(F)cc2)cc1[N+](=O)[O-]. The lowest BCUT2D eigenvalue weighted by molar-refractivity contribution is -0.387. The third-order valence-corrected chi connectivity index (χ3v) is 4.68. The minimum Gasteiger partial charge on any atom is -0.449 e. The zero-order chi connectivity index (χ0) is 20.7. The fraction of sp³-hybridized carbons (Fsp3) is 0.263. The summed E-state index contributed by atoms with van der Waals surface area (Å²) in [6.45, 7) is 1.70. The molecule has 0 unspecified atom stereocenters. The smallest absolute Gasteiger partial charge is 0.339 e. The van der Waals surface area contributed by atoms with Crippen LogP contribution < -0.4 is 5.32 Å². The Morgan fingerprint density at radius 3 is 2.54 bits per heavy atom. The maximum absolute atomic E-state index is 12.9. The number of halogens is 1. The number of nitrogens with one attached hydrogen (secondary N) is 1. The van der Waals surface area contributed by atoms with Gasteiger partial charge in [0.2, 0.25) is 0 Å². The van der Waals surface area contributed by atoms with Gasteiger partial charge in [-0.25, -0.2) is 9.18 Å². The summed E-state index contributed by atoms with van der Waals surface area (Å²) in [6, 6.07) is 9.93. The van der Waals surface area contributed by atoms with Crippen molar-refractivity contribution in [1.29, 1.82) is 0 Å². The summed E-state index contributed by atoms with van der Waals surface area (Å²) >= 11 is 1.19. The molecule has 2 aromatic carbocycles. The number of carbonyl (C=O) groups excluding carboxylic acids is 2. The van der Waals surface area contributed by atoms with Crippen molar-refractivity contribution >= 4 is 29.3 Å². The Labute approximate surface area is 165 Å². The summed E-state index contributed by atoms with van der Waals surface area (Å²) in [4.78, 5) is 35.2. The molecule has 0 heterocycles. The summed E-state index contributed by atoms with van der Waals surface area (Å²) in [7, 11) is 0. The van der Waals surface area contributed by atoms with Gasteiger partial charge in [0.25, 0.3) is 11.6 Å². The highest BCUT2D eigenvalue weighted by atomic mass is 32.2. The summed E-state index contributed by atoms with van der Waals surface area (Å²) in [5.41, 5.74) is 0.654. The molecular weight excluding hydrogens is 387 g/mol. The molecule has 0 fully saturated rings. The molecule has 7 nitrogen and oxygen atoms in total. The molecular formula is C19H19FN2O5S. The van der Waals surface area contributed by atoms with E-state index in [9.17, 15) is 24.1 Å². The largest absolute Gasteiger partial charge is 0.449 e. The molecule has 0 aromatic heterocycles. The van der Waals surface area contributed by atoms with Crippen LogP contribution in [0.5, 0.6) is 0 Å². The van der Waals surface area contributed by atoms with E-state index < -0.39 is 22.9 Å². The lowest BCUT2D eigenvalue weighted by Gasteiger charge is -2.14. The van der Waals surface area contributed by atoms with Crippen LogP contribution >= 0.6 is 11.8 Å². The fourth-order valence-corrected chi connectivity index (χ4v) is 2.91. The second-order valence-corrected chi connectivity index (χ2v) is 6.71. The number of ether oxygens (including phenoxy) is 1. The van der Waals surface area contributed by atoms with Crippen molar-refractivity contribution in [3.05, 3.63) is 69.5 Å². The molecule has 0 saturated carbocycles. The van der Waals surface area contributed by atoms with Crippen molar-refractivity contribution in [1.82, 2.24) is 5.32 Å². The first-order valence-corrected chi connectivity index (χ1v) is 9.60. The summed E-state index contributed by atoms with van der Waals surface area (Å²) in [5.74, 6) is -1.65. The average molecular weight is 406 g/mol. The van der Waals surface area contributed by atoms with Crippen LogP contribution in [0.25, 0.3) is 0 Å². The first-order valence-electron chi connectivity index (χ1n) is 8.37. The normalized spacial score (nSPS) is 11.5. The van der Waals surface area contributed by atoms with Crippen LogP contribution in [0.15, 0.2) is 47.4 Å². The molecule has 1 atom stereocenters. The van der Waals surface area contributed by atoms with E-state index in [0.29, 0.717) is 17.9 Å². The Morgan fingerprint density at radius 1 is 1.25 bits per heavy atom. The molecule has 0 radical (unpaired) electrons. The summed E-state index contributed by atoms with van der Waals surface area (Å²) < 4.78 is 18.0. The molecule has 9 heteroatoms. The van der Waals surface area contributed by atoms with Crippen molar-refractivity contribution in [2.45, 2.75) is 24.3 Å². The molecule has 1 amide bonds. The lowest BCUT2D eigenvalue weighted by atomic mass is 10.1. The number of carbonyl (C=O) groups is 2. The third-order valence-electron chi connectivity index (χ3n) is 3.89. The number of rotatable bonds is 8. The van der Waals surface area contributed by atoms with Gasteiger partial charge in [0.1, 0.15) is 5.82 Å². The molecule has 0 aliphatic carbocycles. The van der Waals surface area contributed by atoms with E-state index in [1.165, 1.54) is 43.0 Å². The Kier molecular flexibility index (Phi) is 7.51. The molecule has 0 saturated heterocycles. The zero-order valence-electron chi connectivity index (χ0n) is 15.3. The number of nitrogens with zero attached hydrogens (tertiary/aromatic N) is 1. The molecule has 0 aliphatic heterocycles. The first-order chi connectivity index (χ1) is 13.3. The van der Waals surface area contributed by atoms with E-state index in [2.05, 4.69) is 5.32 Å². The molecule has 28 heavy (non-hydrogen) atoms. The predicted molar refractivity (Wildman–Crippen MR) is 103 cm³/mol. The Hall–Kier alpha value is -2.94. The van der Waals surface area contributed by atoms with Gasteiger partial charge in [0.15, 0.2) is 6.10 Å². The number of thioether (sulfide) groups is 1. The topological polar surface area (TPSA) is 98.5 Å². The van der Waals surface area contributed by atoms with Gasteiger partial charge in [0.05, 0.1) is 15.4 Å². The van der Waals surface area contributed by atoms with Gasteiger partial charge in [0, 0.05) is 12.6 Å². The van der Waals surface area contributed by atoms with Gasteiger partial charge in [-0.3, -0.25) is 14.9 Å². The molecule has 0 aliphatic rings. The van der Waals surface area contributed by atoms with E-state index >= 15 is 0 Å². The number of hydrogen-bond donors (Lipinski definition) is 1. The standard InChI is InChI=1S/C19H19FN2O5S/c1-12(18(23)21-10-9-13-3-6-15(20)7-4-13)27-19(24)14-5-8-17(28-2)16(11-14)22(25)26/h3-8,11-12H,9-10H2,1-2H3,(H,21,23)/t12-/m1/s1. The van der Waals surface area contributed by atoms with E-state index in [0.717, 1.165) is 11.6 Å². The minimum absolute atomic E-state index is 0.00420. The highest BCUT2D eigenvalue weighted by Crippen LogP contribution is 2.28. The summed E-state index contributed by atoms with van der Waals surface area (Å²) in [6.07, 6.45) is 1.12. The van der Waals surface area contributed by atoms with E-state index in [-0.39, 0.29) is 17.1 Å². The first kappa shape index (κ1) is 21.4. The highest BCUT2D eigenvalue weighted by molar-refractivity contribution is 7.98. The summed E-state index contributed by atoms with van der Waals surface area (Å²) in [5, 5.41) is 13.7. The monoisotopic (exact) mass is 406 g/mol. The number of hydrogen-bond acceptors (Lipinski definition) is 6. The molecule has 1 N–H and O–H groups in total. The van der Waals surface area contributed by atoms with Crippen molar-refractivity contribution < 1.29 is 23.6 Å². The van der Waals surface area contributed by atoms with Crippen LogP contribution in [0.4, 0.5) is 10.1 Å². The van der Waals surface area contributed by atoms with Gasteiger partial charge < -0.3 is 10.1 Å². The molecule has 148 valence electrons. The molecule has 0 spiro atoms. The van der Waals surface area contributed by atoms with Crippen LogP contribution in [0.1, 0.15) is 22.8 Å². The fourth-order valence-electron chi connectivity index (χ4n) is 2.37. The maximum Gasteiger partial charge on any atom is 0.339 e. The Balaban J connectivity index is 1.90. The zero-order valence-corrected chi connectivity index (χ0v) is 16.1. The van der Waals surface area contributed by atoms with Crippen LogP contribution in [0, 0.1) is 15.9 Å². The van der Waals surface area contributed by atoms with Gasteiger partial charge in [-0.2, -0.15) is 0 Å². The predicted octanol–water partition coefficient (Wildman–Crippen LogP) is 3.36. The number of nitro benzene ring substituents is 1. The third kappa shape index (κ3) is 5.78. The van der Waals surface area contributed by atoms with Crippen LogP contribution in [0.3, 0.4) is 0 Å². The van der Waals surface area contributed by atoms with Crippen molar-refractivity contribution in [2.24, 2.45) is 0 Å². The quantitative estimate of drug-likeness (QED) is 0.312. The van der Waals surface area contributed by atoms with Crippen molar-refractivity contribution in [2.75, 3.05) is 12.8 Å². The van der Waals surface area contributed by atoms with Crippen LogP contribution in [-0.2, 0) is 16.0 Å². The van der Waals surface area contributed by atoms with Gasteiger partial charge in [-0.15, -0.1) is 11.8 Å². The molecule has 2 rings (SSSR count). The minimum atomic E-state index is -1.07. The number of nitro groups is 1. The van der Waals surface area contributed by atoms with Gasteiger partial charge in [-0.05, 0) is 49.4 Å². The lowest BCUT2D eigenvalue weighted by Crippen LogP contribution is -2.36. The van der Waals surface area contributed by atoms with Crippen molar-refractivity contribution in [3.8, 4) is 0 Å². The maximum atomic E-state index is 12.9. The van der Waals surface area contributed by atoms with Crippen molar-refractivity contribution in [3.63, 3.8) is 0 Å². The second kappa shape index (κ2) is 9.84. The number of esters is 1. The van der Waals surface area contributed by atoms with E-state index in [4.69, 9.17) is 4.74 Å². The van der Waals surface area contributed by atoms with E-state index in [1.54, 1.807) is 18.4 Å². The molecule has 2 aromatic rings. The Bertz CT molecular complexity index is 873. The molecule has 0 bridgehead atoms.